The van der Waals surface area contributed by atoms with Crippen molar-refractivity contribution in [2.45, 2.75) is 51.5 Å². The van der Waals surface area contributed by atoms with Gasteiger partial charge in [-0.1, -0.05) is 18.9 Å². The van der Waals surface area contributed by atoms with Crippen LogP contribution >= 0.6 is 0 Å². The fraction of sp³-hybridized carbons (Fsp3) is 0.414. The summed E-state index contributed by atoms with van der Waals surface area (Å²) in [5, 5.41) is 6.09. The Labute approximate surface area is 207 Å². The molecule has 0 spiro atoms. The fourth-order valence-corrected chi connectivity index (χ4v) is 5.57. The zero-order valence-electron chi connectivity index (χ0n) is 20.3. The highest BCUT2D eigenvalue weighted by molar-refractivity contribution is 5.99. The summed E-state index contributed by atoms with van der Waals surface area (Å²) in [5.41, 5.74) is 6.50. The number of fused-ring (bicyclic) bond motifs is 2. The van der Waals surface area contributed by atoms with Gasteiger partial charge in [0.15, 0.2) is 0 Å². The minimum Gasteiger partial charge on any atom is -0.493 e. The first-order valence-corrected chi connectivity index (χ1v) is 13.1. The molecule has 5 heterocycles. The highest BCUT2D eigenvalue weighted by Gasteiger charge is 2.25. The van der Waals surface area contributed by atoms with Crippen molar-refractivity contribution in [1.29, 1.82) is 0 Å². The standard InChI is InChI=1S/C29H33N5O/c1-2-6-17-33(16-5-1)18-8-20-35-22-11-12-23-24(13-15-31-26(23)21-22)28-27-10-7-19-34(27)32-29(28)25-9-3-4-14-30-25/h3-4,9,11-15,21H,1-2,5-8,10,16-20H2. The minimum absolute atomic E-state index is 0.739. The molecule has 6 heteroatoms. The number of pyridine rings is 2. The highest BCUT2D eigenvalue weighted by Crippen LogP contribution is 2.40. The molecule has 1 fully saturated rings. The van der Waals surface area contributed by atoms with Gasteiger partial charge in [-0.15, -0.1) is 0 Å². The van der Waals surface area contributed by atoms with Gasteiger partial charge < -0.3 is 9.64 Å². The van der Waals surface area contributed by atoms with Crippen molar-refractivity contribution in [3.63, 3.8) is 0 Å². The summed E-state index contributed by atoms with van der Waals surface area (Å²) in [6.45, 7) is 5.30. The Balaban J connectivity index is 1.24. The van der Waals surface area contributed by atoms with Crippen molar-refractivity contribution in [2.75, 3.05) is 26.2 Å². The largest absolute Gasteiger partial charge is 0.493 e. The number of hydrogen-bond acceptors (Lipinski definition) is 5. The number of likely N-dealkylation sites (tertiary alicyclic amines) is 1. The van der Waals surface area contributed by atoms with E-state index in [9.17, 15) is 0 Å². The van der Waals surface area contributed by atoms with Crippen molar-refractivity contribution < 1.29 is 4.74 Å². The predicted octanol–water partition coefficient (Wildman–Crippen LogP) is 5.75. The van der Waals surface area contributed by atoms with Crippen LogP contribution in [0.2, 0.25) is 0 Å². The lowest BCUT2D eigenvalue weighted by Crippen LogP contribution is -2.26. The third-order valence-electron chi connectivity index (χ3n) is 7.32. The van der Waals surface area contributed by atoms with E-state index in [0.717, 1.165) is 67.0 Å². The molecule has 6 nitrogen and oxygen atoms in total. The van der Waals surface area contributed by atoms with Crippen molar-refractivity contribution >= 4 is 10.9 Å². The first-order valence-electron chi connectivity index (χ1n) is 13.1. The third kappa shape index (κ3) is 4.67. The molecule has 0 aliphatic carbocycles. The number of rotatable bonds is 7. The zero-order valence-corrected chi connectivity index (χ0v) is 20.3. The van der Waals surface area contributed by atoms with E-state index in [1.807, 2.05) is 30.6 Å². The molecule has 2 aliphatic heterocycles. The van der Waals surface area contributed by atoms with E-state index >= 15 is 0 Å². The molecular formula is C29H33N5O. The molecule has 1 saturated heterocycles. The van der Waals surface area contributed by atoms with Gasteiger partial charge in [-0.25, -0.2) is 0 Å². The average Bonchev–Trinajstić information content (AvgIpc) is 3.39. The van der Waals surface area contributed by atoms with E-state index in [2.05, 4.69) is 43.8 Å². The normalized spacial score (nSPS) is 16.3. The van der Waals surface area contributed by atoms with Crippen LogP contribution < -0.4 is 4.74 Å². The molecule has 4 aromatic rings. The SMILES string of the molecule is c1ccc(-c2nn3c(c2-c2ccnc4cc(OCCCN5CCCCCC5)ccc24)CCC3)nc1. The minimum atomic E-state index is 0.739. The molecule has 0 atom stereocenters. The van der Waals surface area contributed by atoms with Crippen molar-refractivity contribution in [2.24, 2.45) is 0 Å². The Bertz CT molecular complexity index is 1290. The Morgan fingerprint density at radius 1 is 0.857 bits per heavy atom. The van der Waals surface area contributed by atoms with E-state index < -0.39 is 0 Å². The monoisotopic (exact) mass is 467 g/mol. The predicted molar refractivity (Wildman–Crippen MR) is 140 cm³/mol. The van der Waals surface area contributed by atoms with Crippen LogP contribution in [0.1, 0.15) is 44.2 Å². The van der Waals surface area contributed by atoms with Crippen molar-refractivity contribution in [1.82, 2.24) is 24.6 Å². The van der Waals surface area contributed by atoms with Gasteiger partial charge in [0, 0.05) is 48.2 Å². The average molecular weight is 468 g/mol. The zero-order chi connectivity index (χ0) is 23.5. The molecule has 1 aromatic carbocycles. The number of hydrogen-bond donors (Lipinski definition) is 0. The van der Waals surface area contributed by atoms with Crippen LogP contribution in [0.5, 0.6) is 5.75 Å². The maximum Gasteiger partial charge on any atom is 0.121 e. The molecule has 2 aliphatic rings. The number of nitrogens with zero attached hydrogens (tertiary/aromatic N) is 5. The van der Waals surface area contributed by atoms with E-state index in [4.69, 9.17) is 9.84 Å². The topological polar surface area (TPSA) is 56.1 Å². The Morgan fingerprint density at radius 3 is 2.63 bits per heavy atom. The van der Waals surface area contributed by atoms with Gasteiger partial charge in [-0.05, 0) is 81.1 Å². The van der Waals surface area contributed by atoms with E-state index in [1.54, 1.807) is 0 Å². The second-order valence-corrected chi connectivity index (χ2v) is 9.71. The molecule has 180 valence electrons. The quantitative estimate of drug-likeness (QED) is 0.324. The molecule has 0 N–H and O–H groups in total. The van der Waals surface area contributed by atoms with Crippen LogP contribution in [-0.2, 0) is 13.0 Å². The third-order valence-corrected chi connectivity index (χ3v) is 7.32. The summed E-state index contributed by atoms with van der Waals surface area (Å²) in [4.78, 5) is 11.9. The number of aromatic nitrogens is 4. The summed E-state index contributed by atoms with van der Waals surface area (Å²) in [6, 6.07) is 14.5. The lowest BCUT2D eigenvalue weighted by molar-refractivity contribution is 0.240. The Morgan fingerprint density at radius 2 is 1.77 bits per heavy atom. The smallest absolute Gasteiger partial charge is 0.121 e. The molecule has 0 bridgehead atoms. The van der Waals surface area contributed by atoms with E-state index in [-0.39, 0.29) is 0 Å². The number of aryl methyl sites for hydroxylation is 1. The second-order valence-electron chi connectivity index (χ2n) is 9.71. The summed E-state index contributed by atoms with van der Waals surface area (Å²) in [7, 11) is 0. The van der Waals surface area contributed by atoms with Gasteiger partial charge in [-0.2, -0.15) is 5.10 Å². The van der Waals surface area contributed by atoms with Gasteiger partial charge in [-0.3, -0.25) is 14.6 Å². The van der Waals surface area contributed by atoms with Crippen LogP contribution in [-0.4, -0.2) is 50.9 Å². The summed E-state index contributed by atoms with van der Waals surface area (Å²) >= 11 is 0. The molecule has 6 rings (SSSR count). The van der Waals surface area contributed by atoms with Gasteiger partial charge in [0.25, 0.3) is 0 Å². The Hall–Kier alpha value is -3.25. The summed E-state index contributed by atoms with van der Waals surface area (Å²) in [6.07, 6.45) is 12.4. The first kappa shape index (κ1) is 22.2. The van der Waals surface area contributed by atoms with Crippen LogP contribution in [0.15, 0.2) is 54.9 Å². The maximum absolute atomic E-state index is 6.14. The summed E-state index contributed by atoms with van der Waals surface area (Å²) in [5.74, 6) is 0.892. The molecular weight excluding hydrogens is 434 g/mol. The highest BCUT2D eigenvalue weighted by atomic mass is 16.5. The second kappa shape index (κ2) is 10.2. The van der Waals surface area contributed by atoms with Gasteiger partial charge >= 0.3 is 0 Å². The lowest BCUT2D eigenvalue weighted by atomic mass is 9.96. The molecule has 0 saturated carbocycles. The fourth-order valence-electron chi connectivity index (χ4n) is 5.57. The van der Waals surface area contributed by atoms with Crippen LogP contribution in [0.3, 0.4) is 0 Å². The first-order chi connectivity index (χ1) is 17.4. The van der Waals surface area contributed by atoms with Gasteiger partial charge in [0.05, 0.1) is 17.8 Å². The molecule has 3 aromatic heterocycles. The van der Waals surface area contributed by atoms with E-state index in [0.29, 0.717) is 0 Å². The van der Waals surface area contributed by atoms with Crippen molar-refractivity contribution in [3.8, 4) is 28.3 Å². The molecule has 0 radical (unpaired) electrons. The van der Waals surface area contributed by atoms with E-state index in [1.165, 1.54) is 55.6 Å². The van der Waals surface area contributed by atoms with Crippen molar-refractivity contribution in [3.05, 3.63) is 60.6 Å². The molecule has 0 unspecified atom stereocenters. The maximum atomic E-state index is 6.14. The van der Waals surface area contributed by atoms with Crippen LogP contribution in [0, 0.1) is 0 Å². The summed E-state index contributed by atoms with van der Waals surface area (Å²) < 4.78 is 8.30. The van der Waals surface area contributed by atoms with Gasteiger partial charge in [0.2, 0.25) is 0 Å². The number of benzene rings is 1. The van der Waals surface area contributed by atoms with Gasteiger partial charge in [0.1, 0.15) is 11.4 Å². The molecule has 0 amide bonds. The Kier molecular flexibility index (Phi) is 6.45. The molecule has 35 heavy (non-hydrogen) atoms. The van der Waals surface area contributed by atoms with Crippen LogP contribution in [0.25, 0.3) is 33.4 Å². The lowest BCUT2D eigenvalue weighted by Gasteiger charge is -2.19. The number of ether oxygens (including phenoxy) is 1. The van der Waals surface area contributed by atoms with Crippen LogP contribution in [0.4, 0.5) is 0 Å².